The third kappa shape index (κ3) is 5.06. The minimum atomic E-state index is -0.735. The number of carbonyl (C=O) groups is 2. The predicted molar refractivity (Wildman–Crippen MR) is 134 cm³/mol. The SMILES string of the molecule is C/N=C\c1ccc(NC(=O)N2Cc3c(C(N)=O)c(-c4ccc(F)c(Cl)c4)nn3C(CCC#N)C2)cc1. The van der Waals surface area contributed by atoms with E-state index in [1.54, 1.807) is 35.0 Å². The number of benzene rings is 2. The Labute approximate surface area is 212 Å². The molecule has 1 atom stereocenters. The highest BCUT2D eigenvalue weighted by atomic mass is 35.5. The first kappa shape index (κ1) is 24.9. The van der Waals surface area contributed by atoms with Crippen LogP contribution in [0.1, 0.15) is 40.5 Å². The summed E-state index contributed by atoms with van der Waals surface area (Å²) in [4.78, 5) is 31.2. The van der Waals surface area contributed by atoms with Gasteiger partial charge < -0.3 is 16.0 Å². The van der Waals surface area contributed by atoms with Gasteiger partial charge in [0.05, 0.1) is 34.9 Å². The second-order valence-electron chi connectivity index (χ2n) is 8.28. The minimum absolute atomic E-state index is 0.0651. The van der Waals surface area contributed by atoms with E-state index in [2.05, 4.69) is 21.5 Å². The van der Waals surface area contributed by atoms with Gasteiger partial charge in [-0.3, -0.25) is 14.5 Å². The van der Waals surface area contributed by atoms with Crippen molar-refractivity contribution in [2.75, 3.05) is 18.9 Å². The van der Waals surface area contributed by atoms with Crippen LogP contribution in [0.4, 0.5) is 14.9 Å². The van der Waals surface area contributed by atoms with E-state index in [4.69, 9.17) is 22.6 Å². The van der Waals surface area contributed by atoms with Crippen LogP contribution in [0.15, 0.2) is 47.5 Å². The van der Waals surface area contributed by atoms with Crippen LogP contribution in [0, 0.1) is 17.1 Å². The van der Waals surface area contributed by atoms with Crippen LogP contribution in [0.5, 0.6) is 0 Å². The molecule has 2 aromatic carbocycles. The second kappa shape index (κ2) is 10.6. The number of primary amides is 1. The Kier molecular flexibility index (Phi) is 7.31. The van der Waals surface area contributed by atoms with Crippen LogP contribution in [0.25, 0.3) is 11.3 Å². The quantitative estimate of drug-likeness (QED) is 0.479. The van der Waals surface area contributed by atoms with Crippen molar-refractivity contribution in [2.24, 2.45) is 10.7 Å². The Morgan fingerprint density at radius 1 is 1.33 bits per heavy atom. The molecule has 2 heterocycles. The molecule has 4 rings (SSSR count). The zero-order valence-electron chi connectivity index (χ0n) is 19.4. The first-order chi connectivity index (χ1) is 17.3. The molecule has 0 radical (unpaired) electrons. The molecule has 1 aromatic heterocycles. The molecule has 0 fully saturated rings. The smallest absolute Gasteiger partial charge is 0.322 e. The Balaban J connectivity index is 1.69. The molecule has 11 heteroatoms. The van der Waals surface area contributed by atoms with Gasteiger partial charge in [-0.1, -0.05) is 23.7 Å². The minimum Gasteiger partial charge on any atom is -0.365 e. The zero-order chi connectivity index (χ0) is 25.8. The van der Waals surface area contributed by atoms with Crippen LogP contribution in [-0.2, 0) is 6.54 Å². The molecular weight excluding hydrogens is 485 g/mol. The van der Waals surface area contributed by atoms with Crippen molar-refractivity contribution in [2.45, 2.75) is 25.4 Å². The number of fused-ring (bicyclic) bond motifs is 1. The molecule has 0 saturated carbocycles. The number of nitrogens with two attached hydrogens (primary N) is 1. The van der Waals surface area contributed by atoms with E-state index in [1.165, 1.54) is 18.2 Å². The number of nitrogens with one attached hydrogen (secondary N) is 1. The summed E-state index contributed by atoms with van der Waals surface area (Å²) in [6.07, 6.45) is 2.33. The number of nitrogens with zero attached hydrogens (tertiary/aromatic N) is 5. The summed E-state index contributed by atoms with van der Waals surface area (Å²) in [5.41, 5.74) is 8.46. The lowest BCUT2D eigenvalue weighted by molar-refractivity contribution is 0.0996. The third-order valence-corrected chi connectivity index (χ3v) is 6.17. The summed E-state index contributed by atoms with van der Waals surface area (Å²) < 4.78 is 15.4. The summed E-state index contributed by atoms with van der Waals surface area (Å²) in [6.45, 7) is 0.334. The fourth-order valence-corrected chi connectivity index (χ4v) is 4.39. The number of nitriles is 1. The van der Waals surface area contributed by atoms with Gasteiger partial charge in [0.25, 0.3) is 5.91 Å². The summed E-state index contributed by atoms with van der Waals surface area (Å²) >= 11 is 5.96. The molecule has 0 saturated heterocycles. The average molecular weight is 508 g/mol. The van der Waals surface area contributed by atoms with Gasteiger partial charge in [0.15, 0.2) is 0 Å². The average Bonchev–Trinajstić information content (AvgIpc) is 3.25. The number of halogens is 2. The van der Waals surface area contributed by atoms with E-state index >= 15 is 0 Å². The molecule has 0 bridgehead atoms. The Hall–Kier alpha value is -4.23. The molecule has 1 aliphatic heterocycles. The van der Waals surface area contributed by atoms with E-state index in [9.17, 15) is 14.0 Å². The van der Waals surface area contributed by atoms with Gasteiger partial charge >= 0.3 is 6.03 Å². The lowest BCUT2D eigenvalue weighted by Gasteiger charge is -2.34. The fraction of sp³-hybridized carbons (Fsp3) is 0.240. The van der Waals surface area contributed by atoms with Crippen molar-refractivity contribution in [1.82, 2.24) is 14.7 Å². The van der Waals surface area contributed by atoms with Gasteiger partial charge in [0.1, 0.15) is 11.5 Å². The fourth-order valence-electron chi connectivity index (χ4n) is 4.21. The van der Waals surface area contributed by atoms with Crippen LogP contribution < -0.4 is 11.1 Å². The number of anilines is 1. The number of hydrogen-bond acceptors (Lipinski definition) is 5. The third-order valence-electron chi connectivity index (χ3n) is 5.88. The van der Waals surface area contributed by atoms with Crippen LogP contribution in [0.3, 0.4) is 0 Å². The van der Waals surface area contributed by atoms with Crippen LogP contribution in [-0.4, -0.2) is 46.4 Å². The number of rotatable bonds is 6. The van der Waals surface area contributed by atoms with Crippen molar-refractivity contribution >= 4 is 35.4 Å². The molecule has 3 amide bonds. The summed E-state index contributed by atoms with van der Waals surface area (Å²) in [6, 6.07) is 12.6. The summed E-state index contributed by atoms with van der Waals surface area (Å²) in [5, 5.41) is 16.5. The molecule has 0 spiro atoms. The number of carbonyl (C=O) groups excluding carboxylic acids is 2. The topological polar surface area (TPSA) is 129 Å². The van der Waals surface area contributed by atoms with Gasteiger partial charge in [-0.2, -0.15) is 10.4 Å². The lowest BCUT2D eigenvalue weighted by Crippen LogP contribution is -2.44. The number of hydrogen-bond donors (Lipinski definition) is 2. The van der Waals surface area contributed by atoms with Gasteiger partial charge in [-0.05, 0) is 42.3 Å². The molecule has 36 heavy (non-hydrogen) atoms. The summed E-state index contributed by atoms with van der Waals surface area (Å²) in [5.74, 6) is -1.34. The molecule has 1 unspecified atom stereocenters. The van der Waals surface area contributed by atoms with Gasteiger partial charge in [0, 0.05) is 37.5 Å². The number of aliphatic imine (C=N–C) groups is 1. The van der Waals surface area contributed by atoms with Crippen molar-refractivity contribution in [3.63, 3.8) is 0 Å². The first-order valence-electron chi connectivity index (χ1n) is 11.1. The molecular formula is C25H23ClFN7O2. The largest absolute Gasteiger partial charge is 0.365 e. The van der Waals surface area contributed by atoms with Crippen molar-refractivity contribution in [3.05, 3.63) is 70.1 Å². The zero-order valence-corrected chi connectivity index (χ0v) is 20.2. The van der Waals surface area contributed by atoms with Gasteiger partial charge in [0.2, 0.25) is 0 Å². The highest BCUT2D eigenvalue weighted by Gasteiger charge is 2.34. The van der Waals surface area contributed by atoms with Crippen molar-refractivity contribution < 1.29 is 14.0 Å². The Morgan fingerprint density at radius 2 is 2.08 bits per heavy atom. The Morgan fingerprint density at radius 3 is 2.72 bits per heavy atom. The molecule has 3 aromatic rings. The second-order valence-corrected chi connectivity index (χ2v) is 8.69. The molecule has 9 nitrogen and oxygen atoms in total. The number of amides is 3. The first-order valence-corrected chi connectivity index (χ1v) is 11.5. The highest BCUT2D eigenvalue weighted by molar-refractivity contribution is 6.31. The normalized spacial score (nSPS) is 14.9. The van der Waals surface area contributed by atoms with E-state index in [-0.39, 0.29) is 47.9 Å². The Bertz CT molecular complexity index is 1380. The highest BCUT2D eigenvalue weighted by Crippen LogP contribution is 2.34. The van der Waals surface area contributed by atoms with Gasteiger partial charge in [-0.15, -0.1) is 0 Å². The predicted octanol–water partition coefficient (Wildman–Crippen LogP) is 4.38. The molecule has 3 N–H and O–H groups in total. The maximum absolute atomic E-state index is 13.7. The molecule has 1 aliphatic rings. The van der Waals surface area contributed by atoms with Crippen LogP contribution in [0.2, 0.25) is 5.02 Å². The van der Waals surface area contributed by atoms with Gasteiger partial charge in [-0.25, -0.2) is 9.18 Å². The molecule has 184 valence electrons. The number of urea groups is 1. The maximum atomic E-state index is 13.7. The molecule has 0 aliphatic carbocycles. The van der Waals surface area contributed by atoms with E-state index in [1.807, 2.05) is 12.1 Å². The van der Waals surface area contributed by atoms with E-state index in [0.29, 0.717) is 23.4 Å². The lowest BCUT2D eigenvalue weighted by atomic mass is 10.0. The van der Waals surface area contributed by atoms with Crippen molar-refractivity contribution in [1.29, 1.82) is 5.26 Å². The maximum Gasteiger partial charge on any atom is 0.322 e. The van der Waals surface area contributed by atoms with E-state index < -0.39 is 11.7 Å². The summed E-state index contributed by atoms with van der Waals surface area (Å²) in [7, 11) is 1.68. The van der Waals surface area contributed by atoms with Crippen LogP contribution >= 0.6 is 11.6 Å². The van der Waals surface area contributed by atoms with E-state index in [0.717, 1.165) is 5.56 Å². The monoisotopic (exact) mass is 507 g/mol. The number of aromatic nitrogens is 2. The van der Waals surface area contributed by atoms with Crippen molar-refractivity contribution in [3.8, 4) is 17.3 Å². The standard InChI is InChI=1S/C25H23ClFN7O2/c1-30-12-15-4-7-17(8-5-15)31-25(36)33-13-18(3-2-10-28)34-21(14-33)22(24(29)35)23(32-34)16-6-9-20(27)19(26)11-16/h4-9,11-12,18H,2-3,13-14H2,1H3,(H2,29,35)(H,31,36)/b30-12-.